The number of aryl methyl sites for hydroxylation is 1. The summed E-state index contributed by atoms with van der Waals surface area (Å²) in [5.74, 6) is 1.40. The number of ether oxygens (including phenoxy) is 1. The number of carbonyl (C=O) groups excluding carboxylic acids is 2. The lowest BCUT2D eigenvalue weighted by Crippen LogP contribution is -2.66. The minimum absolute atomic E-state index is 0.0962. The molecule has 0 unspecified atom stereocenters. The van der Waals surface area contributed by atoms with Crippen molar-refractivity contribution in [3.05, 3.63) is 18.0 Å². The third kappa shape index (κ3) is 2.94. The van der Waals surface area contributed by atoms with Crippen LogP contribution in [0.25, 0.3) is 0 Å². The molecule has 4 rings (SSSR count). The van der Waals surface area contributed by atoms with E-state index in [-0.39, 0.29) is 17.4 Å². The first-order valence-corrected chi connectivity index (χ1v) is 9.19. The van der Waals surface area contributed by atoms with Gasteiger partial charge in [-0.3, -0.25) is 14.3 Å². The second-order valence-electron chi connectivity index (χ2n) is 7.80. The standard InChI is InChI=1S/C18H26N4O3/c1-12-9-14(12)17(24)22-10-18(11-22)13(5-8-25-18)3-6-19-16(23)15-4-7-20-21(15)2/h4,7,12-14H,3,5-6,8-11H2,1-2H3,(H,19,23)/t12-,13-,14-/m1/s1. The van der Waals surface area contributed by atoms with Crippen LogP contribution in [0.5, 0.6) is 0 Å². The van der Waals surface area contributed by atoms with Crippen molar-refractivity contribution in [1.29, 1.82) is 0 Å². The van der Waals surface area contributed by atoms with Crippen LogP contribution in [0.2, 0.25) is 0 Å². The van der Waals surface area contributed by atoms with Crippen molar-refractivity contribution in [2.24, 2.45) is 24.8 Å². The molecule has 7 nitrogen and oxygen atoms in total. The quantitative estimate of drug-likeness (QED) is 0.856. The molecule has 1 saturated carbocycles. The fourth-order valence-corrected chi connectivity index (χ4v) is 4.25. The summed E-state index contributed by atoms with van der Waals surface area (Å²) in [6.45, 7) is 4.94. The number of nitrogens with one attached hydrogen (secondary N) is 1. The van der Waals surface area contributed by atoms with Crippen molar-refractivity contribution in [1.82, 2.24) is 20.0 Å². The summed E-state index contributed by atoms with van der Waals surface area (Å²) in [6, 6.07) is 1.71. The molecule has 0 radical (unpaired) electrons. The third-order valence-corrected chi connectivity index (χ3v) is 6.09. The van der Waals surface area contributed by atoms with Crippen LogP contribution < -0.4 is 5.32 Å². The summed E-state index contributed by atoms with van der Waals surface area (Å²) in [4.78, 5) is 26.4. The Balaban J connectivity index is 1.26. The lowest BCUT2D eigenvalue weighted by Gasteiger charge is -2.50. The normalized spacial score (nSPS) is 29.5. The monoisotopic (exact) mass is 346 g/mol. The summed E-state index contributed by atoms with van der Waals surface area (Å²) in [5.41, 5.74) is 0.391. The Morgan fingerprint density at radius 3 is 2.84 bits per heavy atom. The first-order valence-electron chi connectivity index (χ1n) is 9.19. The van der Waals surface area contributed by atoms with Gasteiger partial charge in [0.15, 0.2) is 0 Å². The Bertz CT molecular complexity index is 680. The van der Waals surface area contributed by atoms with Crippen LogP contribution in [0.1, 0.15) is 36.7 Å². The predicted molar refractivity (Wildman–Crippen MR) is 90.8 cm³/mol. The van der Waals surface area contributed by atoms with Crippen LogP contribution in [-0.2, 0) is 16.6 Å². The minimum Gasteiger partial charge on any atom is -0.371 e. The molecule has 1 spiro atoms. The zero-order valence-corrected chi connectivity index (χ0v) is 14.9. The van der Waals surface area contributed by atoms with Gasteiger partial charge in [0.25, 0.3) is 5.91 Å². The van der Waals surface area contributed by atoms with Crippen LogP contribution in [0, 0.1) is 17.8 Å². The van der Waals surface area contributed by atoms with Crippen LogP contribution in [-0.4, -0.2) is 58.3 Å². The Labute approximate surface area is 147 Å². The molecule has 1 aromatic rings. The van der Waals surface area contributed by atoms with Crippen LogP contribution in [0.3, 0.4) is 0 Å². The number of likely N-dealkylation sites (tertiary alicyclic amines) is 1. The first kappa shape index (κ1) is 16.6. The summed E-state index contributed by atoms with van der Waals surface area (Å²) in [7, 11) is 1.76. The predicted octanol–water partition coefficient (Wildman–Crippen LogP) is 0.813. The molecule has 2 aliphatic heterocycles. The molecule has 3 aliphatic rings. The van der Waals surface area contributed by atoms with E-state index in [4.69, 9.17) is 4.74 Å². The van der Waals surface area contributed by atoms with Gasteiger partial charge in [-0.15, -0.1) is 0 Å². The molecular formula is C18H26N4O3. The summed E-state index contributed by atoms with van der Waals surface area (Å²) in [5, 5.41) is 6.99. The average molecular weight is 346 g/mol. The second-order valence-corrected chi connectivity index (χ2v) is 7.80. The van der Waals surface area contributed by atoms with E-state index in [1.54, 1.807) is 24.0 Å². The number of rotatable bonds is 5. The van der Waals surface area contributed by atoms with Crippen molar-refractivity contribution in [3.8, 4) is 0 Å². The molecule has 2 amide bonds. The van der Waals surface area contributed by atoms with Gasteiger partial charge in [0.1, 0.15) is 11.3 Å². The summed E-state index contributed by atoms with van der Waals surface area (Å²) >= 11 is 0. The highest BCUT2D eigenvalue weighted by atomic mass is 16.5. The van der Waals surface area contributed by atoms with Gasteiger partial charge in [-0.25, -0.2) is 0 Å². The molecule has 25 heavy (non-hydrogen) atoms. The molecule has 1 N–H and O–H groups in total. The molecular weight excluding hydrogens is 320 g/mol. The number of aromatic nitrogens is 2. The topological polar surface area (TPSA) is 76.5 Å². The minimum atomic E-state index is -0.176. The van der Waals surface area contributed by atoms with Crippen molar-refractivity contribution < 1.29 is 14.3 Å². The number of carbonyl (C=O) groups is 2. The number of hydrogen-bond acceptors (Lipinski definition) is 4. The smallest absolute Gasteiger partial charge is 0.269 e. The van der Waals surface area contributed by atoms with Gasteiger partial charge in [0, 0.05) is 32.3 Å². The molecule has 0 aromatic carbocycles. The first-order chi connectivity index (χ1) is 12.0. The lowest BCUT2D eigenvalue weighted by atomic mass is 9.78. The maximum Gasteiger partial charge on any atom is 0.269 e. The van der Waals surface area contributed by atoms with Crippen molar-refractivity contribution in [3.63, 3.8) is 0 Å². The second kappa shape index (κ2) is 6.12. The van der Waals surface area contributed by atoms with Crippen molar-refractivity contribution >= 4 is 11.8 Å². The Morgan fingerprint density at radius 2 is 2.20 bits per heavy atom. The molecule has 0 bridgehead atoms. The van der Waals surface area contributed by atoms with Crippen LogP contribution in [0.4, 0.5) is 0 Å². The van der Waals surface area contributed by atoms with Crippen LogP contribution in [0.15, 0.2) is 12.3 Å². The van der Waals surface area contributed by atoms with Gasteiger partial charge in [0.2, 0.25) is 5.91 Å². The molecule has 136 valence electrons. The molecule has 3 atom stereocenters. The van der Waals surface area contributed by atoms with E-state index in [0.717, 1.165) is 39.0 Å². The van der Waals surface area contributed by atoms with Gasteiger partial charge in [-0.2, -0.15) is 5.10 Å². The Hall–Kier alpha value is -1.89. The highest BCUT2D eigenvalue weighted by molar-refractivity contribution is 5.92. The average Bonchev–Trinajstić information content (AvgIpc) is 2.95. The van der Waals surface area contributed by atoms with Crippen molar-refractivity contribution in [2.45, 2.75) is 31.8 Å². The lowest BCUT2D eigenvalue weighted by molar-refractivity contribution is -0.166. The molecule has 1 aromatic heterocycles. The number of hydrogen-bond donors (Lipinski definition) is 1. The van der Waals surface area contributed by atoms with Crippen LogP contribution >= 0.6 is 0 Å². The fraction of sp³-hybridized carbons (Fsp3) is 0.722. The molecule has 3 heterocycles. The van der Waals surface area contributed by atoms with E-state index in [1.165, 1.54) is 0 Å². The summed E-state index contributed by atoms with van der Waals surface area (Å²) < 4.78 is 7.60. The third-order valence-electron chi connectivity index (χ3n) is 6.09. The molecule has 7 heteroatoms. The van der Waals surface area contributed by atoms with Gasteiger partial charge < -0.3 is 15.0 Å². The Morgan fingerprint density at radius 1 is 1.44 bits per heavy atom. The highest BCUT2D eigenvalue weighted by Crippen LogP contribution is 2.45. The van der Waals surface area contributed by atoms with E-state index >= 15 is 0 Å². The molecule has 3 fully saturated rings. The van der Waals surface area contributed by atoms with Gasteiger partial charge in [0.05, 0.1) is 13.1 Å². The van der Waals surface area contributed by atoms with Crippen molar-refractivity contribution in [2.75, 3.05) is 26.2 Å². The molecule has 1 aliphatic carbocycles. The zero-order valence-electron chi connectivity index (χ0n) is 14.9. The SMILES string of the molecule is C[C@@H]1C[C@H]1C(=O)N1CC2(C1)OCC[C@H]2CCNC(=O)c1ccnn1C. The van der Waals surface area contributed by atoms with Gasteiger partial charge in [-0.1, -0.05) is 6.92 Å². The van der Waals surface area contributed by atoms with Gasteiger partial charge >= 0.3 is 0 Å². The van der Waals surface area contributed by atoms with E-state index in [9.17, 15) is 9.59 Å². The number of nitrogens with zero attached hydrogens (tertiary/aromatic N) is 3. The summed E-state index contributed by atoms with van der Waals surface area (Å²) in [6.07, 6.45) is 4.54. The largest absolute Gasteiger partial charge is 0.371 e. The molecule has 2 saturated heterocycles. The zero-order chi connectivity index (χ0) is 17.6. The Kier molecular flexibility index (Phi) is 4.06. The van der Waals surface area contributed by atoms with E-state index in [2.05, 4.69) is 17.3 Å². The van der Waals surface area contributed by atoms with E-state index < -0.39 is 0 Å². The number of amides is 2. The maximum absolute atomic E-state index is 12.3. The van der Waals surface area contributed by atoms with Gasteiger partial charge in [-0.05, 0) is 37.2 Å². The fourth-order valence-electron chi connectivity index (χ4n) is 4.25. The van der Waals surface area contributed by atoms with E-state index in [0.29, 0.717) is 30.0 Å². The maximum atomic E-state index is 12.3. The van der Waals surface area contributed by atoms with E-state index in [1.807, 2.05) is 4.90 Å². The highest BCUT2D eigenvalue weighted by Gasteiger charge is 2.56.